The van der Waals surface area contributed by atoms with E-state index in [1.54, 1.807) is 12.1 Å². The number of halogens is 2. The summed E-state index contributed by atoms with van der Waals surface area (Å²) in [5, 5.41) is 9.13. The number of hydrogen-bond acceptors (Lipinski definition) is 1. The molecule has 0 bridgehead atoms. The molecule has 16 heavy (non-hydrogen) atoms. The Bertz CT molecular complexity index is 492. The molecular formula is C13H10F2O. The maximum absolute atomic E-state index is 13.1. The average molecular weight is 220 g/mol. The first kappa shape index (κ1) is 10.8. The minimum atomic E-state index is -0.378. The van der Waals surface area contributed by atoms with Gasteiger partial charge in [-0.1, -0.05) is 18.2 Å². The van der Waals surface area contributed by atoms with E-state index in [0.29, 0.717) is 16.7 Å². The highest BCUT2D eigenvalue weighted by Crippen LogP contribution is 2.25. The van der Waals surface area contributed by atoms with Crippen LogP contribution < -0.4 is 0 Å². The fourth-order valence-corrected chi connectivity index (χ4v) is 1.58. The quantitative estimate of drug-likeness (QED) is 0.824. The van der Waals surface area contributed by atoms with Gasteiger partial charge in [-0.05, 0) is 41.0 Å². The Morgan fingerprint density at radius 3 is 2.12 bits per heavy atom. The Balaban J connectivity index is 2.53. The summed E-state index contributed by atoms with van der Waals surface area (Å²) in [7, 11) is 0. The minimum Gasteiger partial charge on any atom is -0.392 e. The molecule has 0 aliphatic carbocycles. The van der Waals surface area contributed by atoms with E-state index >= 15 is 0 Å². The third-order valence-corrected chi connectivity index (χ3v) is 2.40. The molecule has 0 aliphatic rings. The first-order valence-electron chi connectivity index (χ1n) is 4.86. The molecule has 2 aromatic carbocycles. The van der Waals surface area contributed by atoms with E-state index in [9.17, 15) is 8.78 Å². The van der Waals surface area contributed by atoms with Gasteiger partial charge in [-0.3, -0.25) is 0 Å². The van der Waals surface area contributed by atoms with Gasteiger partial charge in [-0.15, -0.1) is 0 Å². The van der Waals surface area contributed by atoms with E-state index < -0.39 is 0 Å². The van der Waals surface area contributed by atoms with E-state index in [0.717, 1.165) is 0 Å². The molecule has 2 aromatic rings. The van der Waals surface area contributed by atoms with Gasteiger partial charge in [0.15, 0.2) is 0 Å². The first-order valence-corrected chi connectivity index (χ1v) is 4.86. The molecule has 0 saturated carbocycles. The van der Waals surface area contributed by atoms with Crippen LogP contribution in [0.25, 0.3) is 11.1 Å². The van der Waals surface area contributed by atoms with Crippen LogP contribution in [0.4, 0.5) is 8.78 Å². The summed E-state index contributed by atoms with van der Waals surface area (Å²) in [6.07, 6.45) is 0. The fourth-order valence-electron chi connectivity index (χ4n) is 1.58. The lowest BCUT2D eigenvalue weighted by Crippen LogP contribution is -1.91. The molecule has 0 heterocycles. The van der Waals surface area contributed by atoms with Crippen molar-refractivity contribution < 1.29 is 13.9 Å². The Morgan fingerprint density at radius 1 is 0.875 bits per heavy atom. The number of aliphatic hydroxyl groups excluding tert-OH is 1. The number of aliphatic hydroxyl groups is 1. The summed E-state index contributed by atoms with van der Waals surface area (Å²) in [5.41, 5.74) is 1.89. The van der Waals surface area contributed by atoms with E-state index in [2.05, 4.69) is 0 Å². The highest BCUT2D eigenvalue weighted by atomic mass is 19.1. The Hall–Kier alpha value is -1.74. The average Bonchev–Trinajstić information content (AvgIpc) is 2.30. The zero-order chi connectivity index (χ0) is 11.5. The summed E-state index contributed by atoms with van der Waals surface area (Å²) in [6.45, 7) is -0.174. The zero-order valence-corrected chi connectivity index (χ0v) is 8.45. The number of hydrogen-bond donors (Lipinski definition) is 1. The molecule has 0 atom stereocenters. The molecule has 0 fully saturated rings. The molecule has 1 nitrogen and oxygen atoms in total. The van der Waals surface area contributed by atoms with Crippen molar-refractivity contribution in [2.24, 2.45) is 0 Å². The molecule has 82 valence electrons. The second-order valence-electron chi connectivity index (χ2n) is 3.47. The summed E-state index contributed by atoms with van der Waals surface area (Å²) < 4.78 is 25.8. The van der Waals surface area contributed by atoms with Gasteiger partial charge in [0.1, 0.15) is 11.6 Å². The van der Waals surface area contributed by atoms with Gasteiger partial charge in [0, 0.05) is 0 Å². The van der Waals surface area contributed by atoms with Gasteiger partial charge < -0.3 is 5.11 Å². The highest BCUT2D eigenvalue weighted by molar-refractivity contribution is 5.67. The lowest BCUT2D eigenvalue weighted by molar-refractivity contribution is 0.282. The van der Waals surface area contributed by atoms with Crippen molar-refractivity contribution in [1.29, 1.82) is 0 Å². The van der Waals surface area contributed by atoms with Crippen molar-refractivity contribution in [1.82, 2.24) is 0 Å². The minimum absolute atomic E-state index is 0.174. The van der Waals surface area contributed by atoms with Gasteiger partial charge in [-0.25, -0.2) is 8.78 Å². The lowest BCUT2D eigenvalue weighted by Gasteiger charge is -2.07. The topological polar surface area (TPSA) is 20.2 Å². The van der Waals surface area contributed by atoms with Crippen LogP contribution in [-0.4, -0.2) is 5.11 Å². The summed E-state index contributed by atoms with van der Waals surface area (Å²) >= 11 is 0. The molecule has 0 saturated heterocycles. The highest BCUT2D eigenvalue weighted by Gasteiger charge is 2.06. The van der Waals surface area contributed by atoms with Crippen LogP contribution in [0.1, 0.15) is 5.56 Å². The molecular weight excluding hydrogens is 210 g/mol. The van der Waals surface area contributed by atoms with Crippen LogP contribution in [0.5, 0.6) is 0 Å². The van der Waals surface area contributed by atoms with Gasteiger partial charge in [0.05, 0.1) is 6.61 Å². The molecule has 1 N–H and O–H groups in total. The van der Waals surface area contributed by atoms with Crippen LogP contribution in [0, 0.1) is 11.6 Å². The van der Waals surface area contributed by atoms with E-state index in [1.165, 1.54) is 30.3 Å². The Labute approximate surface area is 92.0 Å². The zero-order valence-electron chi connectivity index (χ0n) is 8.45. The second-order valence-corrected chi connectivity index (χ2v) is 3.47. The third-order valence-electron chi connectivity index (χ3n) is 2.40. The number of rotatable bonds is 2. The maximum Gasteiger partial charge on any atom is 0.123 e. The van der Waals surface area contributed by atoms with Crippen LogP contribution in [0.3, 0.4) is 0 Å². The third kappa shape index (κ3) is 2.09. The van der Waals surface area contributed by atoms with E-state index in [-0.39, 0.29) is 18.2 Å². The molecule has 2 rings (SSSR count). The standard InChI is InChI=1S/C13H10F2O/c14-11-4-1-9(2-5-11)13-7-12(15)6-3-10(13)8-16/h1-7,16H,8H2. The SMILES string of the molecule is OCc1ccc(F)cc1-c1ccc(F)cc1. The van der Waals surface area contributed by atoms with Gasteiger partial charge >= 0.3 is 0 Å². The van der Waals surface area contributed by atoms with Crippen LogP contribution in [0.15, 0.2) is 42.5 Å². The van der Waals surface area contributed by atoms with Crippen LogP contribution in [0.2, 0.25) is 0 Å². The van der Waals surface area contributed by atoms with Crippen molar-refractivity contribution in [3.05, 3.63) is 59.7 Å². The predicted octanol–water partition coefficient (Wildman–Crippen LogP) is 3.12. The van der Waals surface area contributed by atoms with Crippen molar-refractivity contribution in [2.45, 2.75) is 6.61 Å². The monoisotopic (exact) mass is 220 g/mol. The molecule has 0 aromatic heterocycles. The molecule has 0 amide bonds. The lowest BCUT2D eigenvalue weighted by atomic mass is 10.00. The van der Waals surface area contributed by atoms with Crippen molar-refractivity contribution in [3.8, 4) is 11.1 Å². The van der Waals surface area contributed by atoms with Crippen molar-refractivity contribution >= 4 is 0 Å². The smallest absolute Gasteiger partial charge is 0.123 e. The second kappa shape index (κ2) is 4.41. The fraction of sp³-hybridized carbons (Fsp3) is 0.0769. The molecule has 3 heteroatoms. The van der Waals surface area contributed by atoms with Crippen LogP contribution >= 0.6 is 0 Å². The normalized spacial score (nSPS) is 10.4. The molecule has 0 spiro atoms. The van der Waals surface area contributed by atoms with E-state index in [1.807, 2.05) is 0 Å². The molecule has 0 aliphatic heterocycles. The summed E-state index contributed by atoms with van der Waals surface area (Å²) in [5.74, 6) is -0.720. The Morgan fingerprint density at radius 2 is 1.50 bits per heavy atom. The van der Waals surface area contributed by atoms with Crippen molar-refractivity contribution in [2.75, 3.05) is 0 Å². The van der Waals surface area contributed by atoms with Gasteiger partial charge in [-0.2, -0.15) is 0 Å². The number of benzene rings is 2. The van der Waals surface area contributed by atoms with Crippen LogP contribution in [-0.2, 0) is 6.61 Å². The van der Waals surface area contributed by atoms with Gasteiger partial charge in [0.2, 0.25) is 0 Å². The molecule has 0 unspecified atom stereocenters. The summed E-state index contributed by atoms with van der Waals surface area (Å²) in [6, 6.07) is 9.88. The molecule has 0 radical (unpaired) electrons. The predicted molar refractivity (Wildman–Crippen MR) is 57.7 cm³/mol. The summed E-state index contributed by atoms with van der Waals surface area (Å²) in [4.78, 5) is 0. The maximum atomic E-state index is 13.1. The van der Waals surface area contributed by atoms with Gasteiger partial charge in [0.25, 0.3) is 0 Å². The Kier molecular flexibility index (Phi) is 2.97. The van der Waals surface area contributed by atoms with Crippen molar-refractivity contribution in [3.63, 3.8) is 0 Å². The first-order chi connectivity index (χ1) is 7.70. The van der Waals surface area contributed by atoms with E-state index in [4.69, 9.17) is 5.11 Å². The largest absolute Gasteiger partial charge is 0.392 e.